The van der Waals surface area contributed by atoms with Crippen LogP contribution in [0.2, 0.25) is 0 Å². The topological polar surface area (TPSA) is 65.9 Å². The quantitative estimate of drug-likeness (QED) is 0.542. The SMILES string of the molecule is CN=C(NCC1CCCO1)NCC(CO)c1ccccc1. The van der Waals surface area contributed by atoms with Crippen LogP contribution in [0, 0.1) is 0 Å². The van der Waals surface area contributed by atoms with Crippen molar-refractivity contribution in [2.75, 3.05) is 33.4 Å². The Labute approximate surface area is 126 Å². The van der Waals surface area contributed by atoms with Gasteiger partial charge < -0.3 is 20.5 Å². The van der Waals surface area contributed by atoms with E-state index >= 15 is 0 Å². The summed E-state index contributed by atoms with van der Waals surface area (Å²) in [6, 6.07) is 10.0. The number of guanidine groups is 1. The predicted octanol–water partition coefficient (Wildman–Crippen LogP) is 1.11. The average molecular weight is 291 g/mol. The van der Waals surface area contributed by atoms with Crippen LogP contribution in [-0.2, 0) is 4.74 Å². The van der Waals surface area contributed by atoms with Crippen molar-refractivity contribution in [2.45, 2.75) is 24.9 Å². The zero-order valence-corrected chi connectivity index (χ0v) is 12.6. The van der Waals surface area contributed by atoms with E-state index in [2.05, 4.69) is 15.6 Å². The van der Waals surface area contributed by atoms with Crippen LogP contribution >= 0.6 is 0 Å². The third-order valence-corrected chi connectivity index (χ3v) is 3.75. The normalized spacial score (nSPS) is 20.3. The van der Waals surface area contributed by atoms with Crippen molar-refractivity contribution in [3.63, 3.8) is 0 Å². The number of hydrogen-bond acceptors (Lipinski definition) is 3. The molecule has 0 aliphatic carbocycles. The maximum absolute atomic E-state index is 9.55. The number of hydrogen-bond donors (Lipinski definition) is 3. The second-order valence-electron chi connectivity index (χ2n) is 5.26. The van der Waals surface area contributed by atoms with Crippen molar-refractivity contribution in [1.29, 1.82) is 0 Å². The Morgan fingerprint density at radius 2 is 2.19 bits per heavy atom. The minimum Gasteiger partial charge on any atom is -0.396 e. The molecule has 0 radical (unpaired) electrons. The van der Waals surface area contributed by atoms with E-state index in [1.54, 1.807) is 7.05 Å². The predicted molar refractivity (Wildman–Crippen MR) is 84.6 cm³/mol. The number of aliphatic imine (C=N–C) groups is 1. The van der Waals surface area contributed by atoms with Crippen LogP contribution < -0.4 is 10.6 Å². The summed E-state index contributed by atoms with van der Waals surface area (Å²) < 4.78 is 5.58. The fourth-order valence-corrected chi connectivity index (χ4v) is 2.47. The molecule has 1 aliphatic heterocycles. The van der Waals surface area contributed by atoms with Crippen LogP contribution in [0.15, 0.2) is 35.3 Å². The van der Waals surface area contributed by atoms with E-state index in [0.717, 1.165) is 37.5 Å². The van der Waals surface area contributed by atoms with Crippen molar-refractivity contribution in [3.05, 3.63) is 35.9 Å². The van der Waals surface area contributed by atoms with Crippen LogP contribution in [0.25, 0.3) is 0 Å². The molecule has 1 aromatic carbocycles. The Hall–Kier alpha value is -1.59. The Bertz CT molecular complexity index is 430. The maximum Gasteiger partial charge on any atom is 0.191 e. The minimum absolute atomic E-state index is 0.0625. The maximum atomic E-state index is 9.55. The van der Waals surface area contributed by atoms with Gasteiger partial charge in [-0.3, -0.25) is 4.99 Å². The molecular weight excluding hydrogens is 266 g/mol. The van der Waals surface area contributed by atoms with Crippen molar-refractivity contribution in [2.24, 2.45) is 4.99 Å². The number of aliphatic hydroxyl groups is 1. The first-order valence-corrected chi connectivity index (χ1v) is 7.55. The fraction of sp³-hybridized carbons (Fsp3) is 0.562. The van der Waals surface area contributed by atoms with Gasteiger partial charge in [-0.25, -0.2) is 0 Å². The second-order valence-corrected chi connectivity index (χ2v) is 5.26. The van der Waals surface area contributed by atoms with Crippen LogP contribution in [0.4, 0.5) is 0 Å². The van der Waals surface area contributed by atoms with Crippen molar-refractivity contribution < 1.29 is 9.84 Å². The van der Waals surface area contributed by atoms with Crippen molar-refractivity contribution in [3.8, 4) is 0 Å². The summed E-state index contributed by atoms with van der Waals surface area (Å²) in [6.07, 6.45) is 2.53. The summed E-state index contributed by atoms with van der Waals surface area (Å²) in [7, 11) is 1.75. The van der Waals surface area contributed by atoms with Gasteiger partial charge in [0.2, 0.25) is 0 Å². The smallest absolute Gasteiger partial charge is 0.191 e. The van der Waals surface area contributed by atoms with E-state index in [-0.39, 0.29) is 18.6 Å². The molecule has 2 atom stereocenters. The molecule has 5 nitrogen and oxygen atoms in total. The molecule has 1 aromatic rings. The highest BCUT2D eigenvalue weighted by atomic mass is 16.5. The van der Waals surface area contributed by atoms with Crippen LogP contribution in [0.1, 0.15) is 24.3 Å². The molecule has 1 saturated heterocycles. The lowest BCUT2D eigenvalue weighted by Gasteiger charge is -2.19. The lowest BCUT2D eigenvalue weighted by Crippen LogP contribution is -2.42. The van der Waals surface area contributed by atoms with Crippen LogP contribution in [0.5, 0.6) is 0 Å². The van der Waals surface area contributed by atoms with Gasteiger partial charge in [-0.1, -0.05) is 30.3 Å². The molecular formula is C16H25N3O2. The summed E-state index contributed by atoms with van der Waals surface area (Å²) >= 11 is 0. The largest absolute Gasteiger partial charge is 0.396 e. The molecule has 3 N–H and O–H groups in total. The molecule has 21 heavy (non-hydrogen) atoms. The molecule has 2 unspecified atom stereocenters. The zero-order valence-electron chi connectivity index (χ0n) is 12.6. The van der Waals surface area contributed by atoms with Gasteiger partial charge in [0.25, 0.3) is 0 Å². The van der Waals surface area contributed by atoms with Crippen molar-refractivity contribution >= 4 is 5.96 Å². The zero-order chi connectivity index (χ0) is 14.9. The third kappa shape index (κ3) is 5.02. The van der Waals surface area contributed by atoms with Crippen LogP contribution in [0.3, 0.4) is 0 Å². The van der Waals surface area contributed by atoms with E-state index in [0.29, 0.717) is 6.54 Å². The van der Waals surface area contributed by atoms with E-state index < -0.39 is 0 Å². The molecule has 0 saturated carbocycles. The summed E-state index contributed by atoms with van der Waals surface area (Å²) in [5.41, 5.74) is 1.13. The highest BCUT2D eigenvalue weighted by molar-refractivity contribution is 5.79. The Morgan fingerprint density at radius 3 is 2.81 bits per heavy atom. The van der Waals surface area contributed by atoms with Gasteiger partial charge in [0, 0.05) is 32.7 Å². The molecule has 1 fully saturated rings. The lowest BCUT2D eigenvalue weighted by atomic mass is 10.0. The standard InChI is InChI=1S/C16H25N3O2/c1-17-16(19-11-15-8-5-9-21-15)18-10-14(12-20)13-6-3-2-4-7-13/h2-4,6-7,14-15,20H,5,8-12H2,1H3,(H2,17,18,19). The molecule has 2 rings (SSSR count). The Kier molecular flexibility index (Phi) is 6.50. The lowest BCUT2D eigenvalue weighted by molar-refractivity contribution is 0.113. The van der Waals surface area contributed by atoms with Gasteiger partial charge in [0.1, 0.15) is 0 Å². The van der Waals surface area contributed by atoms with Gasteiger partial charge in [0.15, 0.2) is 5.96 Å². The first-order chi connectivity index (χ1) is 10.3. The van der Waals surface area contributed by atoms with E-state index in [4.69, 9.17) is 4.74 Å². The third-order valence-electron chi connectivity index (χ3n) is 3.75. The Balaban J connectivity index is 1.78. The molecule has 0 bridgehead atoms. The number of nitrogens with zero attached hydrogens (tertiary/aromatic N) is 1. The highest BCUT2D eigenvalue weighted by Gasteiger charge is 2.16. The molecule has 0 aromatic heterocycles. The molecule has 5 heteroatoms. The number of ether oxygens (including phenoxy) is 1. The van der Waals surface area contributed by atoms with E-state index in [1.807, 2.05) is 30.3 Å². The monoisotopic (exact) mass is 291 g/mol. The number of aliphatic hydroxyl groups excluding tert-OH is 1. The van der Waals surface area contributed by atoms with Gasteiger partial charge in [0.05, 0.1) is 12.7 Å². The van der Waals surface area contributed by atoms with Gasteiger partial charge in [-0.2, -0.15) is 0 Å². The minimum atomic E-state index is 0.0625. The highest BCUT2D eigenvalue weighted by Crippen LogP contribution is 2.13. The molecule has 1 heterocycles. The van der Waals surface area contributed by atoms with Crippen molar-refractivity contribution in [1.82, 2.24) is 10.6 Å². The number of benzene rings is 1. The number of rotatable bonds is 6. The second kappa shape index (κ2) is 8.64. The molecule has 116 valence electrons. The van der Waals surface area contributed by atoms with E-state index in [1.165, 1.54) is 0 Å². The first-order valence-electron chi connectivity index (χ1n) is 7.55. The Morgan fingerprint density at radius 1 is 1.38 bits per heavy atom. The van der Waals surface area contributed by atoms with Gasteiger partial charge in [-0.15, -0.1) is 0 Å². The summed E-state index contributed by atoms with van der Waals surface area (Å²) in [6.45, 7) is 2.39. The summed E-state index contributed by atoms with van der Waals surface area (Å²) in [5, 5.41) is 16.1. The average Bonchev–Trinajstić information content (AvgIpc) is 3.05. The molecule has 1 aliphatic rings. The van der Waals surface area contributed by atoms with Crippen LogP contribution in [-0.4, -0.2) is 50.5 Å². The molecule has 0 amide bonds. The number of nitrogens with one attached hydrogen (secondary N) is 2. The van der Waals surface area contributed by atoms with Gasteiger partial charge >= 0.3 is 0 Å². The first kappa shape index (κ1) is 15.8. The summed E-state index contributed by atoms with van der Waals surface area (Å²) in [4.78, 5) is 4.21. The van der Waals surface area contributed by atoms with E-state index in [9.17, 15) is 5.11 Å². The fourth-order valence-electron chi connectivity index (χ4n) is 2.47. The summed E-state index contributed by atoms with van der Waals surface area (Å²) in [5.74, 6) is 0.812. The molecule has 0 spiro atoms. The van der Waals surface area contributed by atoms with Gasteiger partial charge in [-0.05, 0) is 18.4 Å².